The van der Waals surface area contributed by atoms with Crippen molar-refractivity contribution in [3.63, 3.8) is 0 Å². The van der Waals surface area contributed by atoms with Crippen molar-refractivity contribution in [3.8, 4) is 0 Å². The molecular formula is C15H19NO4S. The first-order chi connectivity index (χ1) is 10.0. The maximum Gasteiger partial charge on any atom is 0.307 e. The van der Waals surface area contributed by atoms with Gasteiger partial charge < -0.3 is 5.11 Å². The van der Waals surface area contributed by atoms with Crippen LogP contribution in [0.1, 0.15) is 32.6 Å². The van der Waals surface area contributed by atoms with Crippen LogP contribution in [0.2, 0.25) is 0 Å². The fourth-order valence-electron chi connectivity index (χ4n) is 2.87. The fourth-order valence-corrected chi connectivity index (χ4v) is 4.40. The first-order valence-electron chi connectivity index (χ1n) is 7.15. The van der Waals surface area contributed by atoms with E-state index in [-0.39, 0.29) is 10.9 Å². The van der Waals surface area contributed by atoms with Crippen LogP contribution in [-0.2, 0) is 4.79 Å². The van der Waals surface area contributed by atoms with Crippen LogP contribution in [0.15, 0.2) is 29.2 Å². The Kier molecular flexibility index (Phi) is 5.22. The molecule has 1 fully saturated rings. The van der Waals surface area contributed by atoms with Crippen molar-refractivity contribution in [1.29, 1.82) is 0 Å². The molecule has 2 rings (SSSR count). The highest BCUT2D eigenvalue weighted by Crippen LogP contribution is 2.43. The number of carboxylic acids is 1. The van der Waals surface area contributed by atoms with Gasteiger partial charge >= 0.3 is 5.97 Å². The minimum atomic E-state index is -0.791. The first-order valence-corrected chi connectivity index (χ1v) is 8.03. The number of hydrogen-bond donors (Lipinski definition) is 1. The Balaban J connectivity index is 2.22. The second-order valence-corrected chi connectivity index (χ2v) is 6.69. The van der Waals surface area contributed by atoms with E-state index in [1.165, 1.54) is 17.8 Å². The van der Waals surface area contributed by atoms with Crippen molar-refractivity contribution >= 4 is 23.4 Å². The van der Waals surface area contributed by atoms with E-state index >= 15 is 0 Å². The number of aliphatic carboxylic acids is 1. The third kappa shape index (κ3) is 3.75. The van der Waals surface area contributed by atoms with Gasteiger partial charge in [0.05, 0.1) is 15.7 Å². The molecule has 3 atom stereocenters. The molecule has 6 heteroatoms. The van der Waals surface area contributed by atoms with Gasteiger partial charge in [-0.1, -0.05) is 25.5 Å². The van der Waals surface area contributed by atoms with E-state index < -0.39 is 16.8 Å². The number of carboxylic acid groups (broad SMARTS) is 1. The molecular weight excluding hydrogens is 290 g/mol. The molecule has 1 aliphatic carbocycles. The average molecular weight is 309 g/mol. The van der Waals surface area contributed by atoms with Gasteiger partial charge in [-0.15, -0.1) is 11.8 Å². The molecule has 21 heavy (non-hydrogen) atoms. The zero-order chi connectivity index (χ0) is 15.4. The Hall–Kier alpha value is -1.56. The molecule has 1 saturated carbocycles. The standard InChI is InChI=1S/C15H19NO4S/c1-2-10-7-8-11(15(17)18)14(9-10)21-13-6-4-3-5-12(13)16(19)20/h3-6,10-11,14H,2,7-9H2,1H3,(H,17,18). The maximum absolute atomic E-state index is 11.4. The minimum absolute atomic E-state index is 0.0604. The highest BCUT2D eigenvalue weighted by atomic mass is 32.2. The van der Waals surface area contributed by atoms with Crippen LogP contribution in [0.4, 0.5) is 5.69 Å². The van der Waals surface area contributed by atoms with E-state index in [0.717, 1.165) is 19.3 Å². The molecule has 0 aliphatic heterocycles. The second kappa shape index (κ2) is 6.93. The zero-order valence-electron chi connectivity index (χ0n) is 11.9. The number of hydrogen-bond acceptors (Lipinski definition) is 4. The first kappa shape index (κ1) is 15.8. The molecule has 1 N–H and O–H groups in total. The summed E-state index contributed by atoms with van der Waals surface area (Å²) in [6.07, 6.45) is 3.43. The van der Waals surface area contributed by atoms with Gasteiger partial charge in [-0.3, -0.25) is 14.9 Å². The molecule has 5 nitrogen and oxygen atoms in total. The monoisotopic (exact) mass is 309 g/mol. The smallest absolute Gasteiger partial charge is 0.307 e. The summed E-state index contributed by atoms with van der Waals surface area (Å²) >= 11 is 1.35. The summed E-state index contributed by atoms with van der Waals surface area (Å²) in [6, 6.07) is 6.56. The third-order valence-electron chi connectivity index (χ3n) is 4.14. The number of nitrogens with zero attached hydrogens (tertiary/aromatic N) is 1. The Labute approximate surface area is 127 Å². The maximum atomic E-state index is 11.4. The Morgan fingerprint density at radius 3 is 2.76 bits per heavy atom. The Morgan fingerprint density at radius 2 is 2.14 bits per heavy atom. The number of rotatable bonds is 5. The van der Waals surface area contributed by atoms with Gasteiger partial charge in [0.1, 0.15) is 0 Å². The van der Waals surface area contributed by atoms with Gasteiger partial charge in [0.2, 0.25) is 0 Å². The molecule has 0 aromatic heterocycles. The molecule has 0 radical (unpaired) electrons. The molecule has 1 aromatic rings. The molecule has 0 spiro atoms. The van der Waals surface area contributed by atoms with Gasteiger partial charge in [0.25, 0.3) is 5.69 Å². The van der Waals surface area contributed by atoms with Crippen molar-refractivity contribution in [2.75, 3.05) is 0 Å². The summed E-state index contributed by atoms with van der Waals surface area (Å²) in [5.74, 6) is -0.695. The van der Waals surface area contributed by atoms with Crippen LogP contribution >= 0.6 is 11.8 Å². The molecule has 0 amide bonds. The molecule has 0 bridgehead atoms. The van der Waals surface area contributed by atoms with Gasteiger partial charge in [-0.05, 0) is 31.2 Å². The number of nitro benzene ring substituents is 1. The van der Waals surface area contributed by atoms with E-state index in [9.17, 15) is 20.0 Å². The number of benzene rings is 1. The Morgan fingerprint density at radius 1 is 1.43 bits per heavy atom. The van der Waals surface area contributed by atoms with Crippen LogP contribution in [0.25, 0.3) is 0 Å². The van der Waals surface area contributed by atoms with Crippen molar-refractivity contribution < 1.29 is 14.8 Å². The summed E-state index contributed by atoms with van der Waals surface area (Å²) in [6.45, 7) is 2.11. The zero-order valence-corrected chi connectivity index (χ0v) is 12.7. The molecule has 3 unspecified atom stereocenters. The van der Waals surface area contributed by atoms with Crippen LogP contribution in [0, 0.1) is 22.0 Å². The lowest BCUT2D eigenvalue weighted by atomic mass is 9.80. The lowest BCUT2D eigenvalue weighted by molar-refractivity contribution is -0.387. The van der Waals surface area contributed by atoms with Crippen molar-refractivity contribution in [3.05, 3.63) is 34.4 Å². The number of para-hydroxylation sites is 1. The summed E-state index contributed by atoms with van der Waals surface area (Å²) in [5.41, 5.74) is 0.0604. The Bertz CT molecular complexity index is 534. The largest absolute Gasteiger partial charge is 0.481 e. The highest BCUT2D eigenvalue weighted by Gasteiger charge is 2.36. The highest BCUT2D eigenvalue weighted by molar-refractivity contribution is 8.00. The van der Waals surface area contributed by atoms with Crippen molar-refractivity contribution in [1.82, 2.24) is 0 Å². The number of thioether (sulfide) groups is 1. The SMILES string of the molecule is CCC1CCC(C(=O)O)C(Sc2ccccc2[N+](=O)[O-])C1. The molecule has 1 aliphatic rings. The normalized spacial score (nSPS) is 25.5. The van der Waals surface area contributed by atoms with Gasteiger partial charge in [-0.2, -0.15) is 0 Å². The summed E-state index contributed by atoms with van der Waals surface area (Å²) in [7, 11) is 0. The fraction of sp³-hybridized carbons (Fsp3) is 0.533. The lowest BCUT2D eigenvalue weighted by Gasteiger charge is -2.33. The second-order valence-electron chi connectivity index (χ2n) is 5.41. The molecule has 114 valence electrons. The molecule has 0 saturated heterocycles. The van der Waals surface area contributed by atoms with Crippen LogP contribution in [-0.4, -0.2) is 21.2 Å². The van der Waals surface area contributed by atoms with Crippen LogP contribution < -0.4 is 0 Å². The predicted molar refractivity (Wildman–Crippen MR) is 81.5 cm³/mol. The van der Waals surface area contributed by atoms with Gasteiger partial charge in [0, 0.05) is 11.3 Å². The topological polar surface area (TPSA) is 80.4 Å². The summed E-state index contributed by atoms with van der Waals surface area (Å²) in [5, 5.41) is 20.4. The summed E-state index contributed by atoms with van der Waals surface area (Å²) in [4.78, 5) is 22.7. The quantitative estimate of drug-likeness (QED) is 0.657. The van der Waals surface area contributed by atoms with E-state index in [1.807, 2.05) is 0 Å². The average Bonchev–Trinajstić information content (AvgIpc) is 2.47. The predicted octanol–water partition coefficient (Wildman–Crippen LogP) is 3.97. The summed E-state index contributed by atoms with van der Waals surface area (Å²) < 4.78 is 0. The molecule has 0 heterocycles. The van der Waals surface area contributed by atoms with Crippen LogP contribution in [0.5, 0.6) is 0 Å². The molecule has 1 aromatic carbocycles. The lowest BCUT2D eigenvalue weighted by Crippen LogP contribution is -2.32. The van der Waals surface area contributed by atoms with Gasteiger partial charge in [0.15, 0.2) is 0 Å². The minimum Gasteiger partial charge on any atom is -0.481 e. The van der Waals surface area contributed by atoms with E-state index in [4.69, 9.17) is 0 Å². The van der Waals surface area contributed by atoms with E-state index in [2.05, 4.69) is 6.92 Å². The van der Waals surface area contributed by atoms with Gasteiger partial charge in [-0.25, -0.2) is 0 Å². The van der Waals surface area contributed by atoms with Crippen molar-refractivity contribution in [2.24, 2.45) is 11.8 Å². The van der Waals surface area contributed by atoms with E-state index in [0.29, 0.717) is 17.2 Å². The number of carbonyl (C=O) groups is 1. The van der Waals surface area contributed by atoms with E-state index in [1.54, 1.807) is 18.2 Å². The van der Waals surface area contributed by atoms with Crippen LogP contribution in [0.3, 0.4) is 0 Å². The number of nitro groups is 1. The third-order valence-corrected chi connectivity index (χ3v) is 5.56. The van der Waals surface area contributed by atoms with Crippen molar-refractivity contribution in [2.45, 2.75) is 42.8 Å².